The molecule has 2 rings (SSSR count). The smallest absolute Gasteiger partial charge is 0.133 e. The Balaban J connectivity index is 2.49. The summed E-state index contributed by atoms with van der Waals surface area (Å²) in [4.78, 5) is 0. The first kappa shape index (κ1) is 7.73. The molecule has 66 valence electrons. The van der Waals surface area contributed by atoms with Crippen molar-refractivity contribution in [1.82, 2.24) is 0 Å². The fourth-order valence-electron chi connectivity index (χ4n) is 1.17. The monoisotopic (exact) mass is 174 g/mol. The maximum atomic E-state index is 5.66. The molecule has 1 aromatic carbocycles. The van der Waals surface area contributed by atoms with Gasteiger partial charge in [-0.2, -0.15) is 0 Å². The van der Waals surface area contributed by atoms with Crippen molar-refractivity contribution in [1.29, 1.82) is 0 Å². The van der Waals surface area contributed by atoms with Gasteiger partial charge in [-0.3, -0.25) is 0 Å². The number of hydrogen-bond donors (Lipinski definition) is 2. The molecule has 0 saturated carbocycles. The molecule has 0 aliphatic carbocycles. The third kappa shape index (κ3) is 1.36. The van der Waals surface area contributed by atoms with Gasteiger partial charge < -0.3 is 15.9 Å². The molecule has 0 amide bonds. The highest BCUT2D eigenvalue weighted by molar-refractivity contribution is 5.72. The number of nitrogens with two attached hydrogens (primary N) is 2. The molecule has 1 heterocycles. The predicted octanol–water partition coefficient (Wildman–Crippen LogP) is 2.11. The molecule has 0 radical (unpaired) electrons. The van der Waals surface area contributed by atoms with E-state index in [0.29, 0.717) is 11.4 Å². The van der Waals surface area contributed by atoms with Crippen LogP contribution in [0, 0.1) is 0 Å². The molecule has 3 nitrogen and oxygen atoms in total. The number of hydrogen-bond acceptors (Lipinski definition) is 3. The minimum Gasteiger partial charge on any atom is -0.464 e. The molecule has 0 unspecified atom stereocenters. The molecule has 0 atom stereocenters. The highest BCUT2D eigenvalue weighted by atomic mass is 16.3. The second-order valence-corrected chi connectivity index (χ2v) is 2.82. The van der Waals surface area contributed by atoms with E-state index in [0.717, 1.165) is 11.3 Å². The number of benzene rings is 1. The fourth-order valence-corrected chi connectivity index (χ4v) is 1.17. The van der Waals surface area contributed by atoms with Gasteiger partial charge in [0.25, 0.3) is 0 Å². The highest BCUT2D eigenvalue weighted by Crippen LogP contribution is 2.25. The second kappa shape index (κ2) is 2.86. The van der Waals surface area contributed by atoms with Crippen molar-refractivity contribution < 1.29 is 4.42 Å². The summed E-state index contributed by atoms with van der Waals surface area (Å²) in [5.74, 6) is 0.798. The van der Waals surface area contributed by atoms with E-state index >= 15 is 0 Å². The van der Waals surface area contributed by atoms with Crippen LogP contribution in [-0.4, -0.2) is 0 Å². The van der Waals surface area contributed by atoms with E-state index in [-0.39, 0.29) is 0 Å². The molecular weight excluding hydrogens is 164 g/mol. The lowest BCUT2D eigenvalue weighted by Crippen LogP contribution is -1.93. The Morgan fingerprint density at radius 3 is 2.46 bits per heavy atom. The second-order valence-electron chi connectivity index (χ2n) is 2.82. The topological polar surface area (TPSA) is 65.2 Å². The van der Waals surface area contributed by atoms with Crippen molar-refractivity contribution in [2.45, 2.75) is 0 Å². The van der Waals surface area contributed by atoms with E-state index in [4.69, 9.17) is 15.9 Å². The Morgan fingerprint density at radius 1 is 1.00 bits per heavy atom. The van der Waals surface area contributed by atoms with Crippen LogP contribution < -0.4 is 11.5 Å². The van der Waals surface area contributed by atoms with Crippen LogP contribution in [0.2, 0.25) is 0 Å². The zero-order chi connectivity index (χ0) is 9.26. The van der Waals surface area contributed by atoms with Gasteiger partial charge >= 0.3 is 0 Å². The quantitative estimate of drug-likeness (QED) is 0.651. The van der Waals surface area contributed by atoms with Crippen LogP contribution in [0.1, 0.15) is 0 Å². The molecule has 0 spiro atoms. The van der Waals surface area contributed by atoms with Crippen molar-refractivity contribution in [2.24, 2.45) is 0 Å². The third-order valence-electron chi connectivity index (χ3n) is 1.89. The summed E-state index contributed by atoms with van der Waals surface area (Å²) in [6.07, 6.45) is 1.63. The highest BCUT2D eigenvalue weighted by Gasteiger charge is 2.01. The van der Waals surface area contributed by atoms with E-state index < -0.39 is 0 Å². The number of nitrogen functional groups attached to an aromatic ring is 2. The largest absolute Gasteiger partial charge is 0.464 e. The Kier molecular flexibility index (Phi) is 1.70. The van der Waals surface area contributed by atoms with Gasteiger partial charge in [-0.1, -0.05) is 0 Å². The lowest BCUT2D eigenvalue weighted by atomic mass is 10.1. The zero-order valence-electron chi connectivity index (χ0n) is 7.03. The van der Waals surface area contributed by atoms with Crippen molar-refractivity contribution in [3.05, 3.63) is 36.6 Å². The van der Waals surface area contributed by atoms with Crippen LogP contribution in [-0.2, 0) is 0 Å². The van der Waals surface area contributed by atoms with Gasteiger partial charge in [0.15, 0.2) is 0 Å². The Morgan fingerprint density at radius 2 is 1.85 bits per heavy atom. The van der Waals surface area contributed by atoms with Gasteiger partial charge in [0.1, 0.15) is 5.76 Å². The molecule has 1 aromatic heterocycles. The summed E-state index contributed by atoms with van der Waals surface area (Å²) in [5.41, 5.74) is 13.4. The van der Waals surface area contributed by atoms with Gasteiger partial charge in [0, 0.05) is 5.56 Å². The van der Waals surface area contributed by atoms with Crippen LogP contribution in [0.15, 0.2) is 41.0 Å². The Labute approximate surface area is 76.0 Å². The number of anilines is 2. The normalized spacial score (nSPS) is 10.2. The van der Waals surface area contributed by atoms with Crippen molar-refractivity contribution in [3.8, 4) is 11.3 Å². The molecule has 0 bridgehead atoms. The van der Waals surface area contributed by atoms with Gasteiger partial charge in [-0.15, -0.1) is 0 Å². The average molecular weight is 174 g/mol. The number of furan rings is 1. The van der Waals surface area contributed by atoms with E-state index in [2.05, 4.69) is 0 Å². The molecule has 0 aliphatic rings. The molecule has 4 N–H and O–H groups in total. The maximum Gasteiger partial charge on any atom is 0.133 e. The minimum atomic E-state index is 0.578. The molecule has 0 fully saturated rings. The van der Waals surface area contributed by atoms with E-state index in [1.165, 1.54) is 0 Å². The fraction of sp³-hybridized carbons (Fsp3) is 0. The molecule has 3 heteroatoms. The summed E-state index contributed by atoms with van der Waals surface area (Å²) in [7, 11) is 0. The summed E-state index contributed by atoms with van der Waals surface area (Å²) >= 11 is 0. The van der Waals surface area contributed by atoms with Crippen molar-refractivity contribution in [2.75, 3.05) is 11.5 Å². The van der Waals surface area contributed by atoms with Gasteiger partial charge in [-0.05, 0) is 30.3 Å². The number of rotatable bonds is 1. The van der Waals surface area contributed by atoms with E-state index in [1.807, 2.05) is 18.2 Å². The minimum absolute atomic E-state index is 0.578. The SMILES string of the molecule is Nc1ccc(-c2ccco2)cc1N. The molecular formula is C10H10N2O. The van der Waals surface area contributed by atoms with E-state index in [1.54, 1.807) is 18.4 Å². The standard InChI is InChI=1S/C10H10N2O/c11-8-4-3-7(6-9(8)12)10-2-1-5-13-10/h1-6H,11-12H2. The first-order chi connectivity index (χ1) is 6.27. The van der Waals surface area contributed by atoms with Crippen LogP contribution in [0.4, 0.5) is 11.4 Å². The van der Waals surface area contributed by atoms with Gasteiger partial charge in [0.05, 0.1) is 17.6 Å². The van der Waals surface area contributed by atoms with Crippen molar-refractivity contribution in [3.63, 3.8) is 0 Å². The van der Waals surface area contributed by atoms with Crippen LogP contribution >= 0.6 is 0 Å². The lowest BCUT2D eigenvalue weighted by molar-refractivity contribution is 0.582. The predicted molar refractivity (Wildman–Crippen MR) is 53.0 cm³/mol. The molecule has 2 aromatic rings. The summed E-state index contributed by atoms with van der Waals surface area (Å²) in [6.45, 7) is 0. The van der Waals surface area contributed by atoms with Gasteiger partial charge in [-0.25, -0.2) is 0 Å². The van der Waals surface area contributed by atoms with Crippen LogP contribution in [0.5, 0.6) is 0 Å². The van der Waals surface area contributed by atoms with Crippen LogP contribution in [0.3, 0.4) is 0 Å². The average Bonchev–Trinajstić information content (AvgIpc) is 2.62. The molecule has 0 aliphatic heterocycles. The first-order valence-electron chi connectivity index (χ1n) is 3.96. The summed E-state index contributed by atoms with van der Waals surface area (Å²) in [5, 5.41) is 0. The zero-order valence-corrected chi connectivity index (χ0v) is 7.03. The first-order valence-corrected chi connectivity index (χ1v) is 3.96. The van der Waals surface area contributed by atoms with E-state index in [9.17, 15) is 0 Å². The maximum absolute atomic E-state index is 5.66. The van der Waals surface area contributed by atoms with Crippen LogP contribution in [0.25, 0.3) is 11.3 Å². The van der Waals surface area contributed by atoms with Crippen molar-refractivity contribution >= 4 is 11.4 Å². The molecule has 0 saturated heterocycles. The molecule has 13 heavy (non-hydrogen) atoms. The Bertz CT molecular complexity index is 407. The third-order valence-corrected chi connectivity index (χ3v) is 1.89. The Hall–Kier alpha value is -1.90. The summed E-state index contributed by atoms with van der Waals surface area (Å²) in [6, 6.07) is 9.17. The summed E-state index contributed by atoms with van der Waals surface area (Å²) < 4.78 is 5.22. The van der Waals surface area contributed by atoms with Gasteiger partial charge in [0.2, 0.25) is 0 Å². The lowest BCUT2D eigenvalue weighted by Gasteiger charge is -2.01.